The van der Waals surface area contributed by atoms with Crippen LogP contribution in [0.5, 0.6) is 11.5 Å². The third-order valence-electron chi connectivity index (χ3n) is 3.06. The van der Waals surface area contributed by atoms with Gasteiger partial charge in [-0.1, -0.05) is 29.3 Å². The normalized spacial score (nSPS) is 10.5. The molecule has 0 spiro atoms. The third kappa shape index (κ3) is 3.96. The highest BCUT2D eigenvalue weighted by Gasteiger charge is 2.09. The molecule has 0 aliphatic rings. The minimum atomic E-state index is -0.0272. The number of rotatable bonds is 5. The summed E-state index contributed by atoms with van der Waals surface area (Å²) in [4.78, 5) is 0. The first-order valence-electron chi connectivity index (χ1n) is 6.65. The molecule has 0 aliphatic heterocycles. The topological polar surface area (TPSA) is 41.5 Å². The Morgan fingerprint density at radius 1 is 1.14 bits per heavy atom. The molecule has 2 aromatic carbocycles. The van der Waals surface area contributed by atoms with Crippen molar-refractivity contribution < 1.29 is 9.84 Å². The van der Waals surface area contributed by atoms with E-state index in [1.807, 2.05) is 32.0 Å². The van der Waals surface area contributed by atoms with Crippen LogP contribution in [-0.2, 0) is 6.54 Å². The van der Waals surface area contributed by atoms with Gasteiger partial charge in [0.15, 0.2) is 11.5 Å². The number of aryl methyl sites for hydroxylation is 1. The van der Waals surface area contributed by atoms with Crippen LogP contribution in [-0.4, -0.2) is 11.7 Å². The Morgan fingerprint density at radius 3 is 2.57 bits per heavy atom. The summed E-state index contributed by atoms with van der Waals surface area (Å²) < 4.78 is 5.36. The molecule has 5 heteroatoms. The molecule has 0 radical (unpaired) electrons. The van der Waals surface area contributed by atoms with Crippen molar-refractivity contribution >= 4 is 28.9 Å². The van der Waals surface area contributed by atoms with Gasteiger partial charge >= 0.3 is 0 Å². The van der Waals surface area contributed by atoms with Crippen molar-refractivity contribution in [3.8, 4) is 11.5 Å². The standard InChI is InChI=1S/C16H17Cl2NO2/c1-3-21-15-7-11(6-14(18)16(15)20)9-19-12-5-4-10(2)13(17)8-12/h4-8,19-20H,3,9H2,1-2H3. The molecule has 0 atom stereocenters. The maximum absolute atomic E-state index is 9.81. The van der Waals surface area contributed by atoms with Gasteiger partial charge in [-0.25, -0.2) is 0 Å². The smallest absolute Gasteiger partial charge is 0.176 e. The van der Waals surface area contributed by atoms with Gasteiger partial charge in [0.05, 0.1) is 11.6 Å². The first kappa shape index (κ1) is 15.8. The van der Waals surface area contributed by atoms with Gasteiger partial charge in [-0.2, -0.15) is 0 Å². The average Bonchev–Trinajstić information content (AvgIpc) is 2.45. The van der Waals surface area contributed by atoms with E-state index in [1.165, 1.54) is 0 Å². The molecule has 2 N–H and O–H groups in total. The van der Waals surface area contributed by atoms with Crippen LogP contribution >= 0.6 is 23.2 Å². The first-order valence-corrected chi connectivity index (χ1v) is 7.41. The summed E-state index contributed by atoms with van der Waals surface area (Å²) in [5, 5.41) is 14.1. The van der Waals surface area contributed by atoms with Crippen LogP contribution in [0, 0.1) is 6.92 Å². The molecular formula is C16H17Cl2NO2. The van der Waals surface area contributed by atoms with Crippen LogP contribution in [0.2, 0.25) is 10.0 Å². The fourth-order valence-electron chi connectivity index (χ4n) is 1.90. The second kappa shape index (κ2) is 6.92. The van der Waals surface area contributed by atoms with Crippen LogP contribution in [0.1, 0.15) is 18.1 Å². The molecule has 0 saturated heterocycles. The fourth-order valence-corrected chi connectivity index (χ4v) is 2.32. The molecule has 112 valence electrons. The number of nitrogens with one attached hydrogen (secondary N) is 1. The van der Waals surface area contributed by atoms with E-state index in [-0.39, 0.29) is 10.8 Å². The molecule has 3 nitrogen and oxygen atoms in total. The molecule has 2 rings (SSSR count). The Morgan fingerprint density at radius 2 is 1.90 bits per heavy atom. The Hall–Kier alpha value is -1.58. The van der Waals surface area contributed by atoms with Crippen molar-refractivity contribution in [1.82, 2.24) is 0 Å². The second-order valence-electron chi connectivity index (χ2n) is 4.67. The predicted molar refractivity (Wildman–Crippen MR) is 87.8 cm³/mol. The van der Waals surface area contributed by atoms with Crippen molar-refractivity contribution in [3.63, 3.8) is 0 Å². The molecule has 0 aromatic heterocycles. The lowest BCUT2D eigenvalue weighted by atomic mass is 10.2. The highest BCUT2D eigenvalue weighted by Crippen LogP contribution is 2.35. The van der Waals surface area contributed by atoms with Gasteiger partial charge in [0.25, 0.3) is 0 Å². The Labute approximate surface area is 134 Å². The summed E-state index contributed by atoms with van der Waals surface area (Å²) in [6, 6.07) is 9.28. The van der Waals surface area contributed by atoms with Crippen LogP contribution < -0.4 is 10.1 Å². The highest BCUT2D eigenvalue weighted by atomic mass is 35.5. The van der Waals surface area contributed by atoms with E-state index in [2.05, 4.69) is 5.32 Å². The molecule has 0 fully saturated rings. The lowest BCUT2D eigenvalue weighted by Crippen LogP contribution is -2.01. The fraction of sp³-hybridized carbons (Fsp3) is 0.250. The number of phenols is 1. The monoisotopic (exact) mass is 325 g/mol. The molecule has 2 aromatic rings. The van der Waals surface area contributed by atoms with Crippen molar-refractivity contribution in [1.29, 1.82) is 0 Å². The number of hydrogen-bond acceptors (Lipinski definition) is 3. The van der Waals surface area contributed by atoms with Crippen molar-refractivity contribution in [2.24, 2.45) is 0 Å². The van der Waals surface area contributed by atoms with Crippen LogP contribution in [0.15, 0.2) is 30.3 Å². The molecular weight excluding hydrogens is 309 g/mol. The van der Waals surface area contributed by atoms with Gasteiger partial charge in [-0.3, -0.25) is 0 Å². The summed E-state index contributed by atoms with van der Waals surface area (Å²) in [7, 11) is 0. The van der Waals surface area contributed by atoms with Crippen LogP contribution in [0.4, 0.5) is 5.69 Å². The number of halogens is 2. The second-order valence-corrected chi connectivity index (χ2v) is 5.49. The van der Waals surface area contributed by atoms with Crippen molar-refractivity contribution in [2.45, 2.75) is 20.4 Å². The molecule has 0 saturated carbocycles. The van der Waals surface area contributed by atoms with Gasteiger partial charge in [0.1, 0.15) is 0 Å². The molecule has 21 heavy (non-hydrogen) atoms. The van der Waals surface area contributed by atoms with Crippen molar-refractivity contribution in [3.05, 3.63) is 51.5 Å². The van der Waals surface area contributed by atoms with Crippen molar-refractivity contribution in [2.75, 3.05) is 11.9 Å². The summed E-state index contributed by atoms with van der Waals surface area (Å²) in [5.41, 5.74) is 2.87. The molecule has 0 unspecified atom stereocenters. The number of ether oxygens (including phenoxy) is 1. The van der Waals surface area contributed by atoms with E-state index >= 15 is 0 Å². The largest absolute Gasteiger partial charge is 0.503 e. The maximum Gasteiger partial charge on any atom is 0.176 e. The van der Waals surface area contributed by atoms with E-state index in [4.69, 9.17) is 27.9 Å². The van der Waals surface area contributed by atoms with Gasteiger partial charge in [0.2, 0.25) is 0 Å². The quantitative estimate of drug-likeness (QED) is 0.811. The number of aromatic hydroxyl groups is 1. The Bertz CT molecular complexity index is 644. The van der Waals surface area contributed by atoms with E-state index < -0.39 is 0 Å². The predicted octanol–water partition coefficient (Wildman–Crippen LogP) is 5.02. The number of hydrogen-bond donors (Lipinski definition) is 2. The minimum absolute atomic E-state index is 0.0272. The first-order chi connectivity index (χ1) is 10.0. The number of benzene rings is 2. The van der Waals surface area contributed by atoms with Gasteiger partial charge in [-0.15, -0.1) is 0 Å². The van der Waals surface area contributed by atoms with Gasteiger partial charge < -0.3 is 15.2 Å². The zero-order valence-corrected chi connectivity index (χ0v) is 13.4. The highest BCUT2D eigenvalue weighted by molar-refractivity contribution is 6.32. The van der Waals surface area contributed by atoms with E-state index in [0.717, 1.165) is 21.8 Å². The molecule has 0 bridgehead atoms. The molecule has 0 aliphatic carbocycles. The molecule has 0 heterocycles. The number of phenolic OH excluding ortho intramolecular Hbond substituents is 1. The summed E-state index contributed by atoms with van der Waals surface area (Å²) in [6.07, 6.45) is 0. The van der Waals surface area contributed by atoms with Crippen LogP contribution in [0.25, 0.3) is 0 Å². The van der Waals surface area contributed by atoms with Gasteiger partial charge in [0, 0.05) is 17.3 Å². The third-order valence-corrected chi connectivity index (χ3v) is 3.75. The SMILES string of the molecule is CCOc1cc(CNc2ccc(C)c(Cl)c2)cc(Cl)c1O. The lowest BCUT2D eigenvalue weighted by Gasteiger charge is -2.12. The maximum atomic E-state index is 9.81. The van der Waals surface area contributed by atoms with E-state index in [9.17, 15) is 5.11 Å². The summed E-state index contributed by atoms with van der Waals surface area (Å²) >= 11 is 12.1. The molecule has 0 amide bonds. The summed E-state index contributed by atoms with van der Waals surface area (Å²) in [5.74, 6) is 0.365. The minimum Gasteiger partial charge on any atom is -0.503 e. The average molecular weight is 326 g/mol. The Balaban J connectivity index is 2.14. The van der Waals surface area contributed by atoms with E-state index in [1.54, 1.807) is 12.1 Å². The Kier molecular flexibility index (Phi) is 5.21. The van der Waals surface area contributed by atoms with Crippen LogP contribution in [0.3, 0.4) is 0 Å². The summed E-state index contributed by atoms with van der Waals surface area (Å²) in [6.45, 7) is 4.83. The van der Waals surface area contributed by atoms with Gasteiger partial charge in [-0.05, 0) is 49.2 Å². The lowest BCUT2D eigenvalue weighted by molar-refractivity contribution is 0.318. The zero-order chi connectivity index (χ0) is 15.4. The number of anilines is 1. The zero-order valence-electron chi connectivity index (χ0n) is 11.9. The van der Waals surface area contributed by atoms with E-state index in [0.29, 0.717) is 18.9 Å².